The monoisotopic (exact) mass is 636 g/mol. The number of methoxy groups -OCH3 is 2. The molecule has 0 amide bonds. The predicted octanol–water partition coefficient (Wildman–Crippen LogP) is 6.67. The maximum atomic E-state index is 5.62. The first-order valence-corrected chi connectivity index (χ1v) is 17.7. The summed E-state index contributed by atoms with van der Waals surface area (Å²) in [7, 11) is 1.71. The van der Waals surface area contributed by atoms with Crippen LogP contribution in [0.1, 0.15) is 11.1 Å². The third kappa shape index (κ3) is 7.32. The quantitative estimate of drug-likeness (QED) is 0.0906. The molecule has 0 fully saturated rings. The van der Waals surface area contributed by atoms with Crippen molar-refractivity contribution >= 4 is 60.1 Å². The Labute approximate surface area is 273 Å². The summed E-state index contributed by atoms with van der Waals surface area (Å²) in [4.78, 5) is 0. The molecule has 0 heterocycles. The molecule has 0 saturated carbocycles. The van der Waals surface area contributed by atoms with Gasteiger partial charge in [-0.2, -0.15) is 10.2 Å². The maximum Gasteiger partial charge on any atom is 0.119 e. The van der Waals surface area contributed by atoms with Gasteiger partial charge in [0.25, 0.3) is 0 Å². The summed E-state index contributed by atoms with van der Waals surface area (Å²) in [5.41, 5.74) is 1.94. The molecule has 0 bridgehead atoms. The summed E-state index contributed by atoms with van der Waals surface area (Å²) in [6.07, 6.45) is 3.68. The highest BCUT2D eigenvalue weighted by Crippen LogP contribution is 2.36. The van der Waals surface area contributed by atoms with Crippen molar-refractivity contribution in [2.75, 3.05) is 14.2 Å². The molecule has 0 atom stereocenters. The Morgan fingerprint density at radius 3 is 1.00 bits per heavy atom. The zero-order valence-corrected chi connectivity index (χ0v) is 27.6. The summed E-state index contributed by atoms with van der Waals surface area (Å²) < 4.78 is 11.2. The van der Waals surface area contributed by atoms with Crippen LogP contribution in [-0.2, 0) is 0 Å². The topological polar surface area (TPSA) is 43.2 Å². The molecule has 6 rings (SSSR count). The van der Waals surface area contributed by atoms with Gasteiger partial charge in [-0.05, 0) is 84.1 Å². The minimum Gasteiger partial charge on any atom is -0.497 e. The third-order valence-corrected chi connectivity index (χ3v) is 12.5. The molecule has 4 nitrogen and oxygen atoms in total. The highest BCUT2D eigenvalue weighted by atomic mass is 31.1. The van der Waals surface area contributed by atoms with Gasteiger partial charge < -0.3 is 9.47 Å². The first-order chi connectivity index (χ1) is 22.7. The van der Waals surface area contributed by atoms with Crippen LogP contribution >= 0.6 is 15.8 Å². The van der Waals surface area contributed by atoms with Gasteiger partial charge >= 0.3 is 0 Å². The Balaban J connectivity index is 1.40. The van der Waals surface area contributed by atoms with E-state index in [0.717, 1.165) is 22.6 Å². The van der Waals surface area contributed by atoms with Crippen molar-refractivity contribution in [2.45, 2.75) is 0 Å². The molecular weight excluding hydrogens is 602 g/mol. The fourth-order valence-electron chi connectivity index (χ4n) is 5.29. The van der Waals surface area contributed by atoms with Crippen LogP contribution in [0.4, 0.5) is 0 Å². The van der Waals surface area contributed by atoms with Gasteiger partial charge in [-0.1, -0.05) is 121 Å². The smallest absolute Gasteiger partial charge is 0.119 e. The van der Waals surface area contributed by atoms with E-state index in [4.69, 9.17) is 9.47 Å². The van der Waals surface area contributed by atoms with Crippen LogP contribution in [-0.4, -0.2) is 26.6 Å². The molecule has 226 valence electrons. The summed E-state index contributed by atoms with van der Waals surface area (Å²) >= 11 is 0. The molecule has 6 heteroatoms. The number of rotatable bonds is 11. The zero-order chi connectivity index (χ0) is 31.6. The lowest BCUT2D eigenvalue weighted by molar-refractivity contribution is 0.414. The molecule has 0 spiro atoms. The Hall–Kier alpha value is -4.88. The van der Waals surface area contributed by atoms with Crippen molar-refractivity contribution in [1.82, 2.24) is 0 Å². The third-order valence-electron chi connectivity index (χ3n) is 7.47. The van der Waals surface area contributed by atoms with Crippen LogP contribution in [0.5, 0.6) is 11.5 Å². The van der Waals surface area contributed by atoms with Crippen molar-refractivity contribution in [3.8, 4) is 11.5 Å². The SMILES string of the molecule is COc1ccc(P(c2ccccc2)c2ccccc2)c(/C=N/N=C/c2cc(OC)ccc2P(c2ccccc2)c2ccccc2)c1. The lowest BCUT2D eigenvalue weighted by atomic mass is 10.2. The fraction of sp³-hybridized carbons (Fsp3) is 0.0500. The van der Waals surface area contributed by atoms with Gasteiger partial charge in [-0.15, -0.1) is 0 Å². The maximum absolute atomic E-state index is 5.62. The van der Waals surface area contributed by atoms with Crippen LogP contribution in [0.15, 0.2) is 168 Å². The standard InChI is InChI=1S/C40H34N2O2P2/c1-43-33-23-25-39(45(35-15-7-3-8-16-35)36-17-9-4-10-18-36)31(27-33)29-41-42-30-32-28-34(44-2)24-26-40(32)46(37-19-11-5-12-20-37)38-21-13-6-14-22-38/h3-30H,1-2H3/b41-29+,42-30+. The van der Waals surface area contributed by atoms with Gasteiger partial charge in [-0.3, -0.25) is 0 Å². The molecule has 46 heavy (non-hydrogen) atoms. The van der Waals surface area contributed by atoms with E-state index in [1.807, 2.05) is 36.7 Å². The Morgan fingerprint density at radius 2 is 0.717 bits per heavy atom. The van der Waals surface area contributed by atoms with E-state index < -0.39 is 15.8 Å². The Bertz CT molecular complexity index is 1690. The van der Waals surface area contributed by atoms with Crippen LogP contribution in [0, 0.1) is 0 Å². The largest absolute Gasteiger partial charge is 0.497 e. The van der Waals surface area contributed by atoms with E-state index in [-0.39, 0.29) is 0 Å². The van der Waals surface area contributed by atoms with Gasteiger partial charge in [0, 0.05) is 11.1 Å². The van der Waals surface area contributed by atoms with Gasteiger partial charge in [0.2, 0.25) is 0 Å². The second kappa shape index (κ2) is 15.4. The number of hydrogen-bond donors (Lipinski definition) is 0. The summed E-state index contributed by atoms with van der Waals surface area (Å²) in [5, 5.41) is 16.7. The van der Waals surface area contributed by atoms with E-state index in [0.29, 0.717) is 0 Å². The molecule has 0 aliphatic carbocycles. The molecule has 6 aromatic rings. The molecule has 0 aromatic heterocycles. The molecule has 0 saturated heterocycles. The van der Waals surface area contributed by atoms with Crippen molar-refractivity contribution in [3.05, 3.63) is 169 Å². The summed E-state index contributed by atoms with van der Waals surface area (Å²) in [6.45, 7) is 0. The number of benzene rings is 6. The lowest BCUT2D eigenvalue weighted by Crippen LogP contribution is -2.23. The van der Waals surface area contributed by atoms with Crippen molar-refractivity contribution in [3.63, 3.8) is 0 Å². The summed E-state index contributed by atoms with van der Waals surface area (Å²) in [5.74, 6) is 1.55. The lowest BCUT2D eigenvalue weighted by Gasteiger charge is -2.21. The number of nitrogens with zero attached hydrogens (tertiary/aromatic N) is 2. The molecule has 0 aliphatic heterocycles. The number of ether oxygens (including phenoxy) is 2. The van der Waals surface area contributed by atoms with Gasteiger partial charge in [0.05, 0.1) is 26.6 Å². The average Bonchev–Trinajstić information content (AvgIpc) is 3.13. The van der Waals surface area contributed by atoms with Crippen LogP contribution in [0.2, 0.25) is 0 Å². The van der Waals surface area contributed by atoms with Crippen molar-refractivity contribution < 1.29 is 9.47 Å². The molecule has 0 aliphatic rings. The highest BCUT2D eigenvalue weighted by molar-refractivity contribution is 7.80. The van der Waals surface area contributed by atoms with Crippen LogP contribution in [0.25, 0.3) is 0 Å². The van der Waals surface area contributed by atoms with Gasteiger partial charge in [0.1, 0.15) is 11.5 Å². The zero-order valence-electron chi connectivity index (χ0n) is 25.8. The normalized spacial score (nSPS) is 11.5. The average molecular weight is 637 g/mol. The molecule has 6 aromatic carbocycles. The molecular formula is C40H34N2O2P2. The fourth-order valence-corrected chi connectivity index (χ4v) is 10.1. The minimum absolute atomic E-state index is 0.775. The van der Waals surface area contributed by atoms with Crippen LogP contribution in [0.3, 0.4) is 0 Å². The van der Waals surface area contributed by atoms with Crippen molar-refractivity contribution in [2.24, 2.45) is 10.2 Å². The van der Waals surface area contributed by atoms with E-state index in [1.165, 1.54) is 31.8 Å². The highest BCUT2D eigenvalue weighted by Gasteiger charge is 2.21. The van der Waals surface area contributed by atoms with E-state index in [9.17, 15) is 0 Å². The Morgan fingerprint density at radius 1 is 0.413 bits per heavy atom. The predicted molar refractivity (Wildman–Crippen MR) is 199 cm³/mol. The van der Waals surface area contributed by atoms with Gasteiger partial charge in [-0.25, -0.2) is 0 Å². The van der Waals surface area contributed by atoms with E-state index in [2.05, 4.69) is 144 Å². The first-order valence-electron chi connectivity index (χ1n) is 15.0. The number of hydrogen-bond acceptors (Lipinski definition) is 4. The molecule has 0 radical (unpaired) electrons. The van der Waals surface area contributed by atoms with E-state index in [1.54, 1.807) is 14.2 Å². The second-order valence-corrected chi connectivity index (χ2v) is 14.7. The first kappa shape index (κ1) is 31.1. The van der Waals surface area contributed by atoms with Gasteiger partial charge in [0.15, 0.2) is 0 Å². The molecule has 0 N–H and O–H groups in total. The minimum atomic E-state index is -0.833. The van der Waals surface area contributed by atoms with Crippen molar-refractivity contribution in [1.29, 1.82) is 0 Å². The van der Waals surface area contributed by atoms with E-state index >= 15 is 0 Å². The summed E-state index contributed by atoms with van der Waals surface area (Å²) in [6, 6.07) is 55.0. The molecule has 0 unspecified atom stereocenters. The van der Waals surface area contributed by atoms with Crippen LogP contribution < -0.4 is 41.3 Å². The Kier molecular flexibility index (Phi) is 10.4. The second-order valence-electron chi connectivity index (χ2n) is 10.4.